The van der Waals surface area contributed by atoms with Gasteiger partial charge >= 0.3 is 5.97 Å². The fraction of sp³-hybridized carbons (Fsp3) is 0.176. The summed E-state index contributed by atoms with van der Waals surface area (Å²) in [5, 5.41) is 3.99. The molecule has 0 radical (unpaired) electrons. The fourth-order valence-corrected chi connectivity index (χ4v) is 2.13. The Bertz CT molecular complexity index is 718. The number of ether oxygens (including phenoxy) is 2. The van der Waals surface area contributed by atoms with Crippen LogP contribution in [0.3, 0.4) is 0 Å². The van der Waals surface area contributed by atoms with E-state index in [4.69, 9.17) is 14.0 Å². The van der Waals surface area contributed by atoms with Gasteiger partial charge in [-0.1, -0.05) is 41.6 Å². The quantitative estimate of drug-likeness (QED) is 0.793. The molecule has 3 rings (SSSR count). The van der Waals surface area contributed by atoms with E-state index < -0.39 is 0 Å². The van der Waals surface area contributed by atoms with Gasteiger partial charge in [0.1, 0.15) is 11.4 Å². The van der Waals surface area contributed by atoms with Crippen molar-refractivity contribution in [3.63, 3.8) is 0 Å². The SMILES string of the molecule is COc1cccc(-c2cc(COC(=O)C3C=CC=C3)on2)c1. The molecule has 1 aromatic heterocycles. The second-order valence-corrected chi connectivity index (χ2v) is 4.81. The van der Waals surface area contributed by atoms with Gasteiger partial charge in [-0.3, -0.25) is 4.79 Å². The maximum Gasteiger partial charge on any atom is 0.317 e. The van der Waals surface area contributed by atoms with Gasteiger partial charge in [0, 0.05) is 11.6 Å². The van der Waals surface area contributed by atoms with Crippen LogP contribution in [-0.2, 0) is 16.1 Å². The molecule has 1 aliphatic carbocycles. The lowest BCUT2D eigenvalue weighted by molar-refractivity contribution is -0.147. The second kappa shape index (κ2) is 6.30. The highest BCUT2D eigenvalue weighted by Crippen LogP contribution is 2.24. The lowest BCUT2D eigenvalue weighted by Gasteiger charge is -2.04. The number of carbonyl (C=O) groups excluding carboxylic acids is 1. The molecular formula is C17H15NO4. The molecule has 0 N–H and O–H groups in total. The number of rotatable bonds is 5. The van der Waals surface area contributed by atoms with Crippen molar-refractivity contribution in [1.29, 1.82) is 0 Å². The highest BCUT2D eigenvalue weighted by Gasteiger charge is 2.17. The molecule has 1 heterocycles. The number of carbonyl (C=O) groups is 1. The van der Waals surface area contributed by atoms with E-state index in [2.05, 4.69) is 5.16 Å². The Morgan fingerprint density at radius 2 is 2.09 bits per heavy atom. The number of esters is 1. The number of allylic oxidation sites excluding steroid dienone is 2. The summed E-state index contributed by atoms with van der Waals surface area (Å²) in [6.07, 6.45) is 7.21. The Balaban J connectivity index is 1.64. The minimum absolute atomic E-state index is 0.0635. The van der Waals surface area contributed by atoms with Gasteiger partial charge in [0.05, 0.1) is 13.0 Å². The molecule has 0 unspecified atom stereocenters. The van der Waals surface area contributed by atoms with Crippen LogP contribution in [0, 0.1) is 5.92 Å². The molecule has 1 aliphatic rings. The van der Waals surface area contributed by atoms with Gasteiger partial charge in [0.15, 0.2) is 12.4 Å². The van der Waals surface area contributed by atoms with E-state index in [1.165, 1.54) is 0 Å². The van der Waals surface area contributed by atoms with Crippen LogP contribution >= 0.6 is 0 Å². The minimum Gasteiger partial charge on any atom is -0.497 e. The summed E-state index contributed by atoms with van der Waals surface area (Å²) >= 11 is 0. The molecule has 2 aromatic rings. The number of aromatic nitrogens is 1. The van der Waals surface area contributed by atoms with Crippen LogP contribution in [-0.4, -0.2) is 18.2 Å². The van der Waals surface area contributed by atoms with Crippen molar-refractivity contribution in [2.45, 2.75) is 6.61 Å². The zero-order valence-corrected chi connectivity index (χ0v) is 12.1. The summed E-state index contributed by atoms with van der Waals surface area (Å²) in [5.41, 5.74) is 1.55. The molecule has 0 saturated heterocycles. The highest BCUT2D eigenvalue weighted by atomic mass is 16.5. The fourth-order valence-electron chi connectivity index (χ4n) is 2.13. The summed E-state index contributed by atoms with van der Waals surface area (Å²) in [6, 6.07) is 9.25. The Morgan fingerprint density at radius 3 is 2.86 bits per heavy atom. The molecule has 0 aliphatic heterocycles. The first-order valence-electron chi connectivity index (χ1n) is 6.88. The molecule has 5 nitrogen and oxygen atoms in total. The number of nitrogens with zero attached hydrogens (tertiary/aromatic N) is 1. The van der Waals surface area contributed by atoms with Gasteiger partial charge in [0.25, 0.3) is 0 Å². The largest absolute Gasteiger partial charge is 0.497 e. The van der Waals surface area contributed by atoms with Crippen molar-refractivity contribution in [1.82, 2.24) is 5.16 Å². The molecular weight excluding hydrogens is 282 g/mol. The van der Waals surface area contributed by atoms with E-state index >= 15 is 0 Å². The minimum atomic E-state index is -0.305. The second-order valence-electron chi connectivity index (χ2n) is 4.81. The Kier molecular flexibility index (Phi) is 4.05. The molecule has 22 heavy (non-hydrogen) atoms. The van der Waals surface area contributed by atoms with Crippen LogP contribution < -0.4 is 4.74 Å². The van der Waals surface area contributed by atoms with Crippen LogP contribution in [0.5, 0.6) is 5.75 Å². The van der Waals surface area contributed by atoms with Crippen LogP contribution in [0.2, 0.25) is 0 Å². The zero-order valence-electron chi connectivity index (χ0n) is 12.1. The third-order valence-corrected chi connectivity index (χ3v) is 3.30. The molecule has 0 fully saturated rings. The average Bonchev–Trinajstić information content (AvgIpc) is 3.24. The first-order valence-corrected chi connectivity index (χ1v) is 6.88. The van der Waals surface area contributed by atoms with E-state index in [1.54, 1.807) is 25.3 Å². The summed E-state index contributed by atoms with van der Waals surface area (Å²) in [4.78, 5) is 11.8. The maximum absolute atomic E-state index is 11.8. The molecule has 5 heteroatoms. The summed E-state index contributed by atoms with van der Waals surface area (Å²) in [6.45, 7) is 0.0635. The van der Waals surface area contributed by atoms with Crippen LogP contribution in [0.15, 0.2) is 59.2 Å². The molecule has 0 amide bonds. The van der Waals surface area contributed by atoms with Gasteiger partial charge in [-0.2, -0.15) is 0 Å². The van der Waals surface area contributed by atoms with Gasteiger partial charge < -0.3 is 14.0 Å². The molecule has 0 bridgehead atoms. The first-order chi connectivity index (χ1) is 10.8. The number of hydrogen-bond acceptors (Lipinski definition) is 5. The molecule has 112 valence electrons. The number of benzene rings is 1. The Morgan fingerprint density at radius 1 is 1.27 bits per heavy atom. The standard InChI is InChI=1S/C17H15NO4/c1-20-14-8-4-7-13(9-14)16-10-15(22-18-16)11-21-17(19)12-5-2-3-6-12/h2-10,12H,11H2,1H3. The molecule has 0 atom stereocenters. The highest BCUT2D eigenvalue weighted by molar-refractivity contribution is 5.77. The van der Waals surface area contributed by atoms with Crippen molar-refractivity contribution >= 4 is 5.97 Å². The lowest BCUT2D eigenvalue weighted by atomic mass is 10.1. The third-order valence-electron chi connectivity index (χ3n) is 3.30. The topological polar surface area (TPSA) is 61.6 Å². The van der Waals surface area contributed by atoms with Crippen molar-refractivity contribution in [3.05, 3.63) is 60.4 Å². The van der Waals surface area contributed by atoms with Gasteiger partial charge in [0.2, 0.25) is 0 Å². The van der Waals surface area contributed by atoms with Gasteiger partial charge in [-0.25, -0.2) is 0 Å². The number of hydrogen-bond donors (Lipinski definition) is 0. The van der Waals surface area contributed by atoms with E-state index in [9.17, 15) is 4.79 Å². The van der Waals surface area contributed by atoms with E-state index in [-0.39, 0.29) is 18.5 Å². The van der Waals surface area contributed by atoms with Crippen molar-refractivity contribution < 1.29 is 18.8 Å². The van der Waals surface area contributed by atoms with E-state index in [0.717, 1.165) is 11.3 Å². The van der Waals surface area contributed by atoms with Crippen LogP contribution in [0.25, 0.3) is 11.3 Å². The zero-order chi connectivity index (χ0) is 15.4. The smallest absolute Gasteiger partial charge is 0.317 e. The summed E-state index contributed by atoms with van der Waals surface area (Å²) in [5.74, 6) is 0.635. The summed E-state index contributed by atoms with van der Waals surface area (Å²) < 4.78 is 15.6. The number of methoxy groups -OCH3 is 1. The summed E-state index contributed by atoms with van der Waals surface area (Å²) in [7, 11) is 1.61. The third kappa shape index (κ3) is 3.09. The van der Waals surface area contributed by atoms with Crippen molar-refractivity contribution in [3.8, 4) is 17.0 Å². The van der Waals surface area contributed by atoms with Gasteiger partial charge in [-0.05, 0) is 12.1 Å². The van der Waals surface area contributed by atoms with E-state index in [1.807, 2.05) is 36.4 Å². The normalized spacial score (nSPS) is 13.5. The van der Waals surface area contributed by atoms with Crippen molar-refractivity contribution in [2.75, 3.05) is 7.11 Å². The maximum atomic E-state index is 11.8. The van der Waals surface area contributed by atoms with Gasteiger partial charge in [-0.15, -0.1) is 0 Å². The lowest BCUT2D eigenvalue weighted by Crippen LogP contribution is -2.12. The molecule has 0 saturated carbocycles. The molecule has 0 spiro atoms. The monoisotopic (exact) mass is 297 g/mol. The van der Waals surface area contributed by atoms with Crippen molar-refractivity contribution in [2.24, 2.45) is 5.92 Å². The Hall–Kier alpha value is -2.82. The Labute approximate surface area is 127 Å². The first kappa shape index (κ1) is 14.1. The predicted molar refractivity (Wildman–Crippen MR) is 80.1 cm³/mol. The molecule has 1 aromatic carbocycles. The predicted octanol–water partition coefficient (Wildman–Crippen LogP) is 3.14. The average molecular weight is 297 g/mol. The van der Waals surface area contributed by atoms with Crippen LogP contribution in [0.4, 0.5) is 0 Å². The van der Waals surface area contributed by atoms with E-state index in [0.29, 0.717) is 11.5 Å². The van der Waals surface area contributed by atoms with Crippen LogP contribution in [0.1, 0.15) is 5.76 Å².